The van der Waals surface area contributed by atoms with E-state index in [0.717, 1.165) is 18.4 Å². The fourth-order valence-electron chi connectivity index (χ4n) is 1.40. The van der Waals surface area contributed by atoms with Gasteiger partial charge in [-0.2, -0.15) is 0 Å². The number of unbranched alkanes of at least 4 members (excludes halogenated alkanes) is 1. The van der Waals surface area contributed by atoms with Crippen molar-refractivity contribution in [1.82, 2.24) is 10.3 Å². The van der Waals surface area contributed by atoms with Crippen molar-refractivity contribution < 1.29 is 9.53 Å². The maximum absolute atomic E-state index is 11.5. The molecule has 0 saturated carbocycles. The Morgan fingerprint density at radius 2 is 2.35 bits per heavy atom. The van der Waals surface area contributed by atoms with Gasteiger partial charge in [0.1, 0.15) is 0 Å². The highest BCUT2D eigenvalue weighted by Gasteiger charge is 2.05. The maximum atomic E-state index is 11.5. The Balaban J connectivity index is 2.36. The van der Waals surface area contributed by atoms with E-state index in [1.807, 2.05) is 12.1 Å². The minimum Gasteiger partial charge on any atom is -0.481 e. The first-order valence-electron chi connectivity index (χ1n) is 5.58. The van der Waals surface area contributed by atoms with Gasteiger partial charge in [0, 0.05) is 30.6 Å². The van der Waals surface area contributed by atoms with Crippen LogP contribution in [-0.2, 0) is 11.3 Å². The first kappa shape index (κ1) is 13.8. The van der Waals surface area contributed by atoms with Gasteiger partial charge in [0.25, 0.3) is 0 Å². The summed E-state index contributed by atoms with van der Waals surface area (Å²) in [6.07, 6.45) is 3.85. The molecule has 0 bridgehead atoms. The molecule has 0 atom stereocenters. The van der Waals surface area contributed by atoms with E-state index in [-0.39, 0.29) is 5.91 Å². The second-order valence-corrected chi connectivity index (χ2v) is 3.97. The maximum Gasteiger partial charge on any atom is 0.220 e. The average molecular weight is 257 g/mol. The Hall–Kier alpha value is -1.29. The zero-order valence-electron chi connectivity index (χ0n) is 9.91. The van der Waals surface area contributed by atoms with Gasteiger partial charge in [-0.15, -0.1) is 11.6 Å². The largest absolute Gasteiger partial charge is 0.481 e. The Bertz CT molecular complexity index is 358. The predicted octanol–water partition coefficient (Wildman–Crippen LogP) is 2.12. The molecule has 0 aliphatic rings. The second-order valence-electron chi connectivity index (χ2n) is 3.59. The van der Waals surface area contributed by atoms with Gasteiger partial charge in [0.15, 0.2) is 0 Å². The molecule has 0 radical (unpaired) electrons. The molecule has 0 aromatic carbocycles. The number of pyridine rings is 1. The molecule has 1 aromatic rings. The SMILES string of the molecule is COc1ncccc1CNC(=O)CCCCCl. The minimum atomic E-state index is 0.0287. The normalized spacial score (nSPS) is 10.0. The number of methoxy groups -OCH3 is 1. The number of halogens is 1. The number of nitrogens with one attached hydrogen (secondary N) is 1. The number of aromatic nitrogens is 1. The van der Waals surface area contributed by atoms with Crippen molar-refractivity contribution in [1.29, 1.82) is 0 Å². The van der Waals surface area contributed by atoms with Gasteiger partial charge < -0.3 is 10.1 Å². The average Bonchev–Trinajstić information content (AvgIpc) is 2.37. The van der Waals surface area contributed by atoms with Gasteiger partial charge in [-0.25, -0.2) is 4.98 Å². The minimum absolute atomic E-state index is 0.0287. The monoisotopic (exact) mass is 256 g/mol. The summed E-state index contributed by atoms with van der Waals surface area (Å²) in [5, 5.41) is 2.83. The van der Waals surface area contributed by atoms with E-state index in [1.165, 1.54) is 0 Å². The van der Waals surface area contributed by atoms with Crippen molar-refractivity contribution in [3.63, 3.8) is 0 Å². The molecule has 0 saturated heterocycles. The molecule has 0 fully saturated rings. The molecule has 0 aliphatic heterocycles. The highest BCUT2D eigenvalue weighted by atomic mass is 35.5. The number of carbonyl (C=O) groups is 1. The Kier molecular flexibility index (Phi) is 6.40. The van der Waals surface area contributed by atoms with Gasteiger partial charge in [-0.1, -0.05) is 6.07 Å². The molecule has 0 aliphatic carbocycles. The lowest BCUT2D eigenvalue weighted by Gasteiger charge is -2.08. The molecule has 1 amide bonds. The highest BCUT2D eigenvalue weighted by molar-refractivity contribution is 6.17. The number of nitrogens with zero attached hydrogens (tertiary/aromatic N) is 1. The topological polar surface area (TPSA) is 51.2 Å². The van der Waals surface area contributed by atoms with Gasteiger partial charge >= 0.3 is 0 Å². The summed E-state index contributed by atoms with van der Waals surface area (Å²) in [4.78, 5) is 15.5. The fraction of sp³-hybridized carbons (Fsp3) is 0.500. The van der Waals surface area contributed by atoms with Crippen LogP contribution in [-0.4, -0.2) is 23.9 Å². The van der Waals surface area contributed by atoms with E-state index < -0.39 is 0 Å². The van der Waals surface area contributed by atoms with Crippen molar-refractivity contribution in [2.24, 2.45) is 0 Å². The van der Waals surface area contributed by atoms with Crippen LogP contribution in [0.15, 0.2) is 18.3 Å². The van der Waals surface area contributed by atoms with Crippen LogP contribution >= 0.6 is 11.6 Å². The summed E-state index contributed by atoms with van der Waals surface area (Å²) < 4.78 is 5.10. The molecule has 1 heterocycles. The molecular formula is C12H17ClN2O2. The number of alkyl halides is 1. The van der Waals surface area contributed by atoms with E-state index >= 15 is 0 Å². The molecule has 0 unspecified atom stereocenters. The van der Waals surface area contributed by atoms with Crippen molar-refractivity contribution in [2.75, 3.05) is 13.0 Å². The first-order valence-corrected chi connectivity index (χ1v) is 6.12. The Morgan fingerprint density at radius 1 is 1.53 bits per heavy atom. The van der Waals surface area contributed by atoms with Crippen molar-refractivity contribution in [3.05, 3.63) is 23.9 Å². The summed E-state index contributed by atoms with van der Waals surface area (Å²) in [6.45, 7) is 0.441. The van der Waals surface area contributed by atoms with Crippen LogP contribution in [0.2, 0.25) is 0 Å². The smallest absolute Gasteiger partial charge is 0.220 e. The van der Waals surface area contributed by atoms with Gasteiger partial charge in [-0.05, 0) is 18.9 Å². The number of carbonyl (C=O) groups excluding carboxylic acids is 1. The van der Waals surface area contributed by atoms with Gasteiger partial charge in [0.2, 0.25) is 11.8 Å². The number of hydrogen-bond acceptors (Lipinski definition) is 3. The highest BCUT2D eigenvalue weighted by Crippen LogP contribution is 2.12. The van der Waals surface area contributed by atoms with E-state index in [9.17, 15) is 4.79 Å². The third-order valence-electron chi connectivity index (χ3n) is 2.31. The molecule has 94 valence electrons. The van der Waals surface area contributed by atoms with Gasteiger partial charge in [0.05, 0.1) is 7.11 Å². The lowest BCUT2D eigenvalue weighted by atomic mass is 10.2. The molecule has 4 nitrogen and oxygen atoms in total. The van der Waals surface area contributed by atoms with Crippen LogP contribution in [0.5, 0.6) is 5.88 Å². The predicted molar refractivity (Wildman–Crippen MR) is 67.2 cm³/mol. The van der Waals surface area contributed by atoms with Crippen LogP contribution in [0.4, 0.5) is 0 Å². The second kappa shape index (κ2) is 7.90. The third kappa shape index (κ3) is 5.04. The summed E-state index contributed by atoms with van der Waals surface area (Å²) in [7, 11) is 1.56. The van der Waals surface area contributed by atoms with Gasteiger partial charge in [-0.3, -0.25) is 4.79 Å². The van der Waals surface area contributed by atoms with Crippen LogP contribution in [0.1, 0.15) is 24.8 Å². The van der Waals surface area contributed by atoms with Crippen LogP contribution < -0.4 is 10.1 Å². The first-order chi connectivity index (χ1) is 8.27. The molecule has 1 aromatic heterocycles. The lowest BCUT2D eigenvalue weighted by molar-refractivity contribution is -0.121. The number of amides is 1. The quantitative estimate of drug-likeness (QED) is 0.601. The van der Waals surface area contributed by atoms with E-state index in [1.54, 1.807) is 13.3 Å². The summed E-state index contributed by atoms with van der Waals surface area (Å²) >= 11 is 5.54. The standard InChI is InChI=1S/C12H17ClN2O2/c1-17-12-10(5-4-8-14-12)9-15-11(16)6-2-3-7-13/h4-5,8H,2-3,6-7,9H2,1H3,(H,15,16). The zero-order chi connectivity index (χ0) is 12.5. The summed E-state index contributed by atoms with van der Waals surface area (Å²) in [5.41, 5.74) is 0.876. The third-order valence-corrected chi connectivity index (χ3v) is 2.57. The Morgan fingerprint density at radius 3 is 3.06 bits per heavy atom. The Labute approximate surface area is 106 Å². The number of ether oxygens (including phenoxy) is 1. The van der Waals surface area contributed by atoms with Crippen LogP contribution in [0, 0.1) is 0 Å². The van der Waals surface area contributed by atoms with E-state index in [0.29, 0.717) is 24.7 Å². The zero-order valence-corrected chi connectivity index (χ0v) is 10.7. The van der Waals surface area contributed by atoms with Crippen molar-refractivity contribution in [2.45, 2.75) is 25.8 Å². The number of rotatable bonds is 7. The van der Waals surface area contributed by atoms with Crippen LogP contribution in [0.3, 0.4) is 0 Å². The molecule has 1 N–H and O–H groups in total. The lowest BCUT2D eigenvalue weighted by Crippen LogP contribution is -2.22. The molecule has 5 heteroatoms. The molecule has 17 heavy (non-hydrogen) atoms. The van der Waals surface area contributed by atoms with E-state index in [2.05, 4.69) is 10.3 Å². The van der Waals surface area contributed by atoms with Crippen LogP contribution in [0.25, 0.3) is 0 Å². The fourth-order valence-corrected chi connectivity index (χ4v) is 1.59. The molecule has 0 spiro atoms. The number of hydrogen-bond donors (Lipinski definition) is 1. The van der Waals surface area contributed by atoms with Crippen molar-refractivity contribution >= 4 is 17.5 Å². The van der Waals surface area contributed by atoms with Crippen molar-refractivity contribution in [3.8, 4) is 5.88 Å². The summed E-state index contributed by atoms with van der Waals surface area (Å²) in [5.74, 6) is 1.18. The molecular weight excluding hydrogens is 240 g/mol. The summed E-state index contributed by atoms with van der Waals surface area (Å²) in [6, 6.07) is 3.70. The molecule has 1 rings (SSSR count). The van der Waals surface area contributed by atoms with E-state index in [4.69, 9.17) is 16.3 Å².